The fourth-order valence-corrected chi connectivity index (χ4v) is 6.33. The molecule has 2 fully saturated rings. The minimum absolute atomic E-state index is 0.115. The summed E-state index contributed by atoms with van der Waals surface area (Å²) in [5, 5.41) is 9.53. The Balaban J connectivity index is 1.62. The number of esters is 1. The molecule has 1 aromatic rings. The van der Waals surface area contributed by atoms with Crippen molar-refractivity contribution < 1.29 is 29.0 Å². The number of ether oxygens (including phenoxy) is 2. The zero-order valence-corrected chi connectivity index (χ0v) is 20.9. The van der Waals surface area contributed by atoms with Gasteiger partial charge in [0.1, 0.15) is 17.6 Å². The number of rotatable bonds is 4. The summed E-state index contributed by atoms with van der Waals surface area (Å²) in [6.07, 6.45) is 9.73. The van der Waals surface area contributed by atoms with E-state index < -0.39 is 35.6 Å². The number of fused-ring (bicyclic) bond motifs is 2. The molecule has 5 rings (SSSR count). The van der Waals surface area contributed by atoms with Crippen LogP contribution in [-0.4, -0.2) is 71.8 Å². The van der Waals surface area contributed by atoms with Gasteiger partial charge in [0.2, 0.25) is 5.91 Å². The van der Waals surface area contributed by atoms with E-state index in [0.717, 1.165) is 36.1 Å². The maximum atomic E-state index is 14.3. The molecule has 5 atom stereocenters. The first kappa shape index (κ1) is 24.7. The fraction of sp³-hybridized carbons (Fsp3) is 0.536. The number of aryl methyl sites for hydroxylation is 2. The fourth-order valence-electron chi connectivity index (χ4n) is 6.33. The molecule has 1 aromatic carbocycles. The number of para-hydroxylation sites is 1. The van der Waals surface area contributed by atoms with Gasteiger partial charge in [-0.2, -0.15) is 0 Å². The Bertz CT molecular complexity index is 1090. The highest BCUT2D eigenvalue weighted by Crippen LogP contribution is 2.53. The smallest absolute Gasteiger partial charge is 0.312 e. The maximum absolute atomic E-state index is 14.3. The molecule has 4 aliphatic heterocycles. The third-order valence-corrected chi connectivity index (χ3v) is 7.87. The summed E-state index contributed by atoms with van der Waals surface area (Å²) in [5.41, 5.74) is 1.45. The first-order valence-corrected chi connectivity index (χ1v) is 12.9. The number of hydrogen-bond donors (Lipinski definition) is 1. The van der Waals surface area contributed by atoms with Crippen LogP contribution in [0.4, 0.5) is 5.69 Å². The van der Waals surface area contributed by atoms with Crippen LogP contribution >= 0.6 is 0 Å². The number of hydrogen-bond acceptors (Lipinski definition) is 6. The van der Waals surface area contributed by atoms with Gasteiger partial charge in [0, 0.05) is 25.4 Å². The van der Waals surface area contributed by atoms with Crippen molar-refractivity contribution >= 4 is 23.5 Å². The normalized spacial score (nSPS) is 33.0. The van der Waals surface area contributed by atoms with Crippen molar-refractivity contribution in [2.24, 2.45) is 11.8 Å². The number of nitrogens with zero attached hydrogens (tertiary/aromatic N) is 2. The average Bonchev–Trinajstić information content (AvgIpc) is 3.23. The summed E-state index contributed by atoms with van der Waals surface area (Å²) in [4.78, 5) is 44.8. The molecule has 0 saturated carbocycles. The van der Waals surface area contributed by atoms with Crippen LogP contribution in [0, 0.1) is 25.7 Å². The van der Waals surface area contributed by atoms with Crippen LogP contribution in [-0.2, 0) is 23.9 Å². The van der Waals surface area contributed by atoms with Crippen molar-refractivity contribution in [3.63, 3.8) is 0 Å². The molecule has 1 N–H and O–H groups in total. The molecule has 36 heavy (non-hydrogen) atoms. The summed E-state index contributed by atoms with van der Waals surface area (Å²) < 4.78 is 12.2. The van der Waals surface area contributed by atoms with Gasteiger partial charge in [-0.15, -0.1) is 0 Å². The lowest BCUT2D eigenvalue weighted by atomic mass is 9.78. The van der Waals surface area contributed by atoms with Crippen LogP contribution in [0.3, 0.4) is 0 Å². The van der Waals surface area contributed by atoms with E-state index in [1.54, 1.807) is 4.90 Å². The zero-order chi connectivity index (χ0) is 25.4. The molecule has 0 bridgehead atoms. The molecule has 2 amide bonds. The van der Waals surface area contributed by atoms with Gasteiger partial charge in [0.25, 0.3) is 5.91 Å². The topological polar surface area (TPSA) is 96.4 Å². The number of anilines is 1. The number of cyclic esters (lactones) is 1. The lowest BCUT2D eigenvalue weighted by Gasteiger charge is -2.36. The van der Waals surface area contributed by atoms with Crippen LogP contribution < -0.4 is 4.90 Å². The number of carbonyl (C=O) groups is 3. The van der Waals surface area contributed by atoms with Crippen molar-refractivity contribution in [1.82, 2.24) is 4.90 Å². The Morgan fingerprint density at radius 3 is 2.61 bits per heavy atom. The first-order chi connectivity index (χ1) is 17.4. The van der Waals surface area contributed by atoms with Crippen LogP contribution in [0.2, 0.25) is 0 Å². The molecule has 0 aromatic heterocycles. The number of allylic oxidation sites excluding steroid dienone is 1. The summed E-state index contributed by atoms with van der Waals surface area (Å²) >= 11 is 0. The third kappa shape index (κ3) is 3.87. The Hall–Kier alpha value is -2.97. The first-order valence-electron chi connectivity index (χ1n) is 12.9. The van der Waals surface area contributed by atoms with E-state index in [-0.39, 0.29) is 25.0 Å². The van der Waals surface area contributed by atoms with E-state index >= 15 is 0 Å². The predicted molar refractivity (Wildman–Crippen MR) is 133 cm³/mol. The molecular formula is C28H34N2O6. The van der Waals surface area contributed by atoms with E-state index in [2.05, 4.69) is 0 Å². The highest BCUT2D eigenvalue weighted by Gasteiger charge is 2.71. The summed E-state index contributed by atoms with van der Waals surface area (Å²) in [6.45, 7) is 4.65. The number of benzene rings is 1. The second kappa shape index (κ2) is 9.82. The van der Waals surface area contributed by atoms with Gasteiger partial charge in [0.15, 0.2) is 0 Å². The number of aliphatic hydroxyl groups excluding tert-OH is 1. The van der Waals surface area contributed by atoms with Crippen molar-refractivity contribution in [2.75, 3.05) is 31.2 Å². The van der Waals surface area contributed by atoms with Crippen LogP contribution in [0.15, 0.2) is 42.5 Å². The minimum atomic E-state index is -1.29. The molecule has 8 heteroatoms. The van der Waals surface area contributed by atoms with E-state index in [9.17, 15) is 19.5 Å². The minimum Gasteiger partial charge on any atom is -0.465 e. The molecule has 4 heterocycles. The molecule has 8 nitrogen and oxygen atoms in total. The van der Waals surface area contributed by atoms with Crippen molar-refractivity contribution in [1.29, 1.82) is 0 Å². The third-order valence-electron chi connectivity index (χ3n) is 7.87. The van der Waals surface area contributed by atoms with Gasteiger partial charge in [-0.3, -0.25) is 14.4 Å². The Morgan fingerprint density at radius 2 is 1.86 bits per heavy atom. The molecule has 192 valence electrons. The van der Waals surface area contributed by atoms with Gasteiger partial charge in [0.05, 0.1) is 18.6 Å². The molecule has 4 aliphatic rings. The summed E-state index contributed by atoms with van der Waals surface area (Å²) in [5.74, 6) is -2.71. The van der Waals surface area contributed by atoms with E-state index in [0.29, 0.717) is 19.6 Å². The molecule has 1 unspecified atom stereocenters. The number of amides is 2. The highest BCUT2D eigenvalue weighted by atomic mass is 16.6. The lowest BCUT2D eigenvalue weighted by Crippen LogP contribution is -2.55. The Morgan fingerprint density at radius 1 is 1.08 bits per heavy atom. The number of carbonyl (C=O) groups excluding carboxylic acids is 3. The van der Waals surface area contributed by atoms with Crippen molar-refractivity contribution in [3.8, 4) is 0 Å². The lowest BCUT2D eigenvalue weighted by molar-refractivity contribution is -0.154. The molecule has 0 aliphatic carbocycles. The molecular weight excluding hydrogens is 460 g/mol. The van der Waals surface area contributed by atoms with E-state index in [1.807, 2.05) is 56.4 Å². The Kier molecular flexibility index (Phi) is 6.74. The SMILES string of the molecule is Cc1cccc(C)c1N1CC=C[C@]23O[C@H]4/C=C\CCCCOC(=O)[C@H]4[C@H]2C(=O)N(CCCO)C3C1=O. The zero-order valence-electron chi connectivity index (χ0n) is 20.9. The average molecular weight is 495 g/mol. The van der Waals surface area contributed by atoms with Gasteiger partial charge in [-0.1, -0.05) is 42.5 Å². The van der Waals surface area contributed by atoms with Crippen LogP contribution in [0.25, 0.3) is 0 Å². The van der Waals surface area contributed by atoms with Gasteiger partial charge < -0.3 is 24.4 Å². The highest BCUT2D eigenvalue weighted by molar-refractivity contribution is 6.06. The monoisotopic (exact) mass is 494 g/mol. The predicted octanol–water partition coefficient (Wildman–Crippen LogP) is 2.45. The standard InChI is InChI=1S/C28H34N2O6/c1-18-10-7-11-19(2)23(18)29-14-8-13-28-22(25(32)30(15-9-16-31)24(28)26(29)33)21-20(36-28)12-5-3-4-6-17-35-27(21)34/h5,7-8,10-13,20-22,24,31H,3-4,6,9,14-17H2,1-2H3/b12-5-/t20-,21+,22-,24?,28-/m0/s1. The van der Waals surface area contributed by atoms with Gasteiger partial charge in [-0.05, 0) is 50.7 Å². The maximum Gasteiger partial charge on any atom is 0.312 e. The van der Waals surface area contributed by atoms with E-state index in [4.69, 9.17) is 9.47 Å². The second-order valence-electron chi connectivity index (χ2n) is 10.1. The molecule has 2 saturated heterocycles. The van der Waals surface area contributed by atoms with Crippen LogP contribution in [0.1, 0.15) is 36.8 Å². The summed E-state index contributed by atoms with van der Waals surface area (Å²) in [7, 11) is 0. The number of likely N-dealkylation sites (tertiary alicyclic amines) is 1. The summed E-state index contributed by atoms with van der Waals surface area (Å²) in [6, 6.07) is 4.94. The molecule has 0 radical (unpaired) electrons. The molecule has 1 spiro atoms. The van der Waals surface area contributed by atoms with Crippen LogP contribution in [0.5, 0.6) is 0 Å². The quantitative estimate of drug-likeness (QED) is 0.510. The largest absolute Gasteiger partial charge is 0.465 e. The number of aliphatic hydroxyl groups is 1. The van der Waals surface area contributed by atoms with E-state index in [1.165, 1.54) is 4.90 Å². The van der Waals surface area contributed by atoms with Crippen molar-refractivity contribution in [2.45, 2.75) is 57.3 Å². The van der Waals surface area contributed by atoms with Gasteiger partial charge in [-0.25, -0.2) is 0 Å². The second-order valence-corrected chi connectivity index (χ2v) is 10.1. The van der Waals surface area contributed by atoms with Gasteiger partial charge >= 0.3 is 5.97 Å². The Labute approximate surface area is 211 Å². The van der Waals surface area contributed by atoms with Crippen molar-refractivity contribution in [3.05, 3.63) is 53.6 Å².